The number of hydrogen-bond acceptors (Lipinski definition) is 8. The van der Waals surface area contributed by atoms with Crippen molar-refractivity contribution >= 4 is 23.4 Å². The molecule has 0 bridgehead atoms. The van der Waals surface area contributed by atoms with E-state index in [0.29, 0.717) is 56.3 Å². The first kappa shape index (κ1) is 37.9. The van der Waals surface area contributed by atoms with Gasteiger partial charge in [-0.3, -0.25) is 24.5 Å². The number of hydroxylamine groups is 1. The second-order valence-corrected chi connectivity index (χ2v) is 15.3. The molecule has 2 aromatic rings. The molecule has 0 spiro atoms. The van der Waals surface area contributed by atoms with Gasteiger partial charge in [-0.2, -0.15) is 0 Å². The minimum Gasteiger partial charge on any atom is -0.392 e. The quantitative estimate of drug-likeness (QED) is 0.0967. The van der Waals surface area contributed by atoms with E-state index in [9.17, 15) is 19.5 Å². The van der Waals surface area contributed by atoms with E-state index in [4.69, 9.17) is 14.7 Å². The number of ether oxygens (including phenoxy) is 2. The normalized spacial score (nSPS) is 25.7. The van der Waals surface area contributed by atoms with Gasteiger partial charge in [0.25, 0.3) is 0 Å². The van der Waals surface area contributed by atoms with Crippen LogP contribution in [0.3, 0.4) is 0 Å². The summed E-state index contributed by atoms with van der Waals surface area (Å²) in [5.74, 6) is 0.122. The zero-order chi connectivity index (χ0) is 35.7. The van der Waals surface area contributed by atoms with E-state index in [0.717, 1.165) is 36.0 Å². The van der Waals surface area contributed by atoms with Gasteiger partial charge in [-0.15, -0.1) is 0 Å². The van der Waals surface area contributed by atoms with Crippen molar-refractivity contribution in [1.29, 1.82) is 0 Å². The van der Waals surface area contributed by atoms with E-state index in [-0.39, 0.29) is 48.6 Å². The van der Waals surface area contributed by atoms with E-state index < -0.39 is 12.2 Å². The van der Waals surface area contributed by atoms with Crippen LogP contribution in [0.2, 0.25) is 0 Å². The van der Waals surface area contributed by atoms with Crippen molar-refractivity contribution in [1.82, 2.24) is 15.7 Å². The number of hydrogen-bond donors (Lipinski definition) is 5. The molecule has 2 aliphatic heterocycles. The van der Waals surface area contributed by atoms with Crippen LogP contribution in [0.25, 0.3) is 0 Å². The number of carbonyl (C=O) groups is 3. The lowest BCUT2D eigenvalue weighted by atomic mass is 9.75. The number of rotatable bonds is 13. The summed E-state index contributed by atoms with van der Waals surface area (Å²) < 4.78 is 13.4. The third-order valence-electron chi connectivity index (χ3n) is 10.2. The average Bonchev–Trinajstić information content (AvgIpc) is 3.10. The van der Waals surface area contributed by atoms with Gasteiger partial charge in [0.2, 0.25) is 17.7 Å². The molecular weight excluding hydrogens is 636 g/mol. The van der Waals surface area contributed by atoms with E-state index in [1.165, 1.54) is 19.3 Å². The van der Waals surface area contributed by atoms with Crippen molar-refractivity contribution in [2.24, 2.45) is 5.92 Å². The van der Waals surface area contributed by atoms with Gasteiger partial charge in [-0.25, -0.2) is 5.48 Å². The highest BCUT2D eigenvalue weighted by atomic mass is 16.7. The number of anilines is 1. The smallest absolute Gasteiger partial charge is 0.243 e. The largest absolute Gasteiger partial charge is 0.392 e. The lowest BCUT2D eigenvalue weighted by molar-refractivity contribution is -0.255. The zero-order valence-corrected chi connectivity index (χ0v) is 29.9. The molecule has 0 aromatic heterocycles. The highest BCUT2D eigenvalue weighted by molar-refractivity contribution is 5.90. The summed E-state index contributed by atoms with van der Waals surface area (Å²) in [6, 6.07) is 15.5. The average molecular weight is 693 g/mol. The first-order valence-corrected chi connectivity index (χ1v) is 18.4. The number of nitrogens with zero attached hydrogens (tertiary/aromatic N) is 1. The first-order valence-electron chi connectivity index (χ1n) is 18.4. The third kappa shape index (κ3) is 10.6. The Morgan fingerprint density at radius 1 is 0.880 bits per heavy atom. The molecule has 50 heavy (non-hydrogen) atoms. The van der Waals surface area contributed by atoms with Crippen molar-refractivity contribution in [3.05, 3.63) is 65.2 Å². The third-order valence-corrected chi connectivity index (χ3v) is 10.2. The number of carbonyl (C=O) groups excluding carboxylic acids is 3. The van der Waals surface area contributed by atoms with Crippen LogP contribution in [0.1, 0.15) is 127 Å². The van der Waals surface area contributed by atoms with Crippen LogP contribution in [-0.2, 0) is 30.5 Å². The molecule has 1 aliphatic carbocycles. The van der Waals surface area contributed by atoms with Gasteiger partial charge in [0.05, 0.1) is 24.9 Å². The Balaban J connectivity index is 1.33. The van der Waals surface area contributed by atoms with Crippen LogP contribution in [0, 0.1) is 5.92 Å². The molecule has 11 heteroatoms. The Morgan fingerprint density at radius 3 is 2.34 bits per heavy atom. The van der Waals surface area contributed by atoms with Crippen LogP contribution in [0.15, 0.2) is 48.5 Å². The molecule has 2 heterocycles. The molecule has 2 aromatic carbocycles. The molecule has 11 nitrogen and oxygen atoms in total. The molecule has 1 saturated carbocycles. The Hall–Kier alpha value is -3.35. The Labute approximate surface area is 296 Å². The molecule has 5 rings (SSSR count). The maximum atomic E-state index is 13.7. The molecule has 0 radical (unpaired) electrons. The molecule has 2 saturated heterocycles. The highest BCUT2D eigenvalue weighted by Crippen LogP contribution is 2.42. The molecule has 3 fully saturated rings. The molecule has 6 unspecified atom stereocenters. The number of aliphatic hydroxyl groups is 1. The maximum absolute atomic E-state index is 13.7. The van der Waals surface area contributed by atoms with Gasteiger partial charge in [-0.1, -0.05) is 55.7 Å². The number of likely N-dealkylation sites (tertiary alicyclic amines) is 1. The number of unbranched alkanes of at least 4 members (excludes halogenated alkanes) is 2. The second kappa shape index (κ2) is 17.7. The van der Waals surface area contributed by atoms with Crippen molar-refractivity contribution in [2.75, 3.05) is 11.9 Å². The summed E-state index contributed by atoms with van der Waals surface area (Å²) in [4.78, 5) is 40.2. The number of benzene rings is 2. The van der Waals surface area contributed by atoms with Crippen molar-refractivity contribution in [2.45, 2.75) is 141 Å². The standard InChI is InChI=1S/C39H56N4O7/c1-39(2,3)41-37(47)33-21-20-27-10-7-8-13-32(27)43(33)24-31-23-34(28-18-16-26(25-44)17-19-28)50-38(49-31)29-11-9-12-30(22-29)40-35(45)14-5-4-6-15-36(46)42-48/h9,11-12,16-19,22,27,31-34,38,44,48H,4-8,10,13-15,20-21,23-25H2,1-3H3,(H,40,45)(H,41,47)(H,42,46). The van der Waals surface area contributed by atoms with Gasteiger partial charge < -0.3 is 25.2 Å². The zero-order valence-electron chi connectivity index (χ0n) is 29.9. The summed E-state index contributed by atoms with van der Waals surface area (Å²) in [5, 5.41) is 24.5. The van der Waals surface area contributed by atoms with E-state index in [1.54, 1.807) is 5.48 Å². The van der Waals surface area contributed by atoms with E-state index >= 15 is 0 Å². The number of nitrogens with one attached hydrogen (secondary N) is 3. The highest BCUT2D eigenvalue weighted by Gasteiger charge is 2.44. The van der Waals surface area contributed by atoms with Crippen LogP contribution in [0.4, 0.5) is 5.69 Å². The fourth-order valence-corrected chi connectivity index (χ4v) is 7.79. The topological polar surface area (TPSA) is 149 Å². The number of amides is 3. The summed E-state index contributed by atoms with van der Waals surface area (Å²) in [6.07, 6.45) is 8.50. The fraction of sp³-hybridized carbons (Fsp3) is 0.615. The van der Waals surface area contributed by atoms with Crippen LogP contribution in [0.5, 0.6) is 0 Å². The molecule has 5 N–H and O–H groups in total. The summed E-state index contributed by atoms with van der Waals surface area (Å²) in [5.41, 5.74) is 4.57. The fourth-order valence-electron chi connectivity index (χ4n) is 7.79. The van der Waals surface area contributed by atoms with Gasteiger partial charge >= 0.3 is 0 Å². The van der Waals surface area contributed by atoms with Crippen molar-refractivity contribution in [3.63, 3.8) is 0 Å². The molecule has 3 aliphatic rings. The van der Waals surface area contributed by atoms with E-state index in [2.05, 4.69) is 15.5 Å². The van der Waals surface area contributed by atoms with Gasteiger partial charge in [0.15, 0.2) is 6.29 Å². The lowest BCUT2D eigenvalue weighted by Gasteiger charge is -2.50. The summed E-state index contributed by atoms with van der Waals surface area (Å²) in [7, 11) is 0. The second-order valence-electron chi connectivity index (χ2n) is 15.3. The monoisotopic (exact) mass is 692 g/mol. The summed E-state index contributed by atoms with van der Waals surface area (Å²) >= 11 is 0. The summed E-state index contributed by atoms with van der Waals surface area (Å²) in [6.45, 7) is 6.66. The molecule has 6 atom stereocenters. The van der Waals surface area contributed by atoms with Gasteiger partial charge in [0, 0.05) is 48.6 Å². The van der Waals surface area contributed by atoms with Crippen LogP contribution >= 0.6 is 0 Å². The molecular formula is C39H56N4O7. The van der Waals surface area contributed by atoms with E-state index in [1.807, 2.05) is 69.3 Å². The predicted molar refractivity (Wildman–Crippen MR) is 190 cm³/mol. The minimum atomic E-state index is -0.695. The number of fused-ring (bicyclic) bond motifs is 1. The molecule has 3 amide bonds. The lowest BCUT2D eigenvalue weighted by Crippen LogP contribution is -2.61. The first-order chi connectivity index (χ1) is 24.0. The predicted octanol–water partition coefficient (Wildman–Crippen LogP) is 6.06. The molecule has 274 valence electrons. The van der Waals surface area contributed by atoms with Crippen molar-refractivity contribution in [3.8, 4) is 0 Å². The van der Waals surface area contributed by atoms with Crippen LogP contribution < -0.4 is 16.1 Å². The van der Waals surface area contributed by atoms with Gasteiger partial charge in [-0.05, 0) is 88.5 Å². The SMILES string of the molecule is CC(C)(C)NC(=O)C1CCC2CCCCC2N1CC1CC(c2ccc(CO)cc2)OC(c2cccc(NC(=O)CCCCCC(=O)NO)c2)O1. The van der Waals surface area contributed by atoms with Crippen LogP contribution in [-0.4, -0.2) is 63.2 Å². The number of piperidine rings is 1. The van der Waals surface area contributed by atoms with Gasteiger partial charge in [0.1, 0.15) is 0 Å². The Morgan fingerprint density at radius 2 is 1.62 bits per heavy atom. The van der Waals surface area contributed by atoms with Crippen molar-refractivity contribution < 1.29 is 34.2 Å². The number of aliphatic hydroxyl groups excluding tert-OH is 1. The Bertz CT molecular complexity index is 1430. The Kier molecular flexibility index (Phi) is 13.4. The minimum absolute atomic E-state index is 0.0327. The maximum Gasteiger partial charge on any atom is 0.243 e.